The summed E-state index contributed by atoms with van der Waals surface area (Å²) in [6.45, 7) is 8.62. The van der Waals surface area contributed by atoms with Crippen LogP contribution in [0.5, 0.6) is 11.5 Å². The van der Waals surface area contributed by atoms with Crippen molar-refractivity contribution in [3.05, 3.63) is 23.8 Å². The van der Waals surface area contributed by atoms with Crippen LogP contribution >= 0.6 is 0 Å². The number of ether oxygens (including phenoxy) is 3. The maximum atomic E-state index is 6.21. The molecule has 0 saturated carbocycles. The topological polar surface area (TPSA) is 39.7 Å². The highest BCUT2D eigenvalue weighted by Crippen LogP contribution is 2.41. The summed E-state index contributed by atoms with van der Waals surface area (Å²) in [6.07, 6.45) is 2.01. The SMILES string of the molecule is CCCNC1CC(C)(COCC)Oc2ccc(OC)cc21. The third-order valence-electron chi connectivity index (χ3n) is 3.84. The third kappa shape index (κ3) is 3.89. The van der Waals surface area contributed by atoms with E-state index in [9.17, 15) is 0 Å². The molecule has 1 N–H and O–H groups in total. The third-order valence-corrected chi connectivity index (χ3v) is 3.84. The van der Waals surface area contributed by atoms with Crippen LogP contribution in [0.15, 0.2) is 18.2 Å². The second-order valence-electron chi connectivity index (χ2n) is 5.80. The summed E-state index contributed by atoms with van der Waals surface area (Å²) in [5.74, 6) is 1.80. The maximum Gasteiger partial charge on any atom is 0.131 e. The Bertz CT molecular complexity index is 463. The van der Waals surface area contributed by atoms with Crippen LogP contribution in [0.4, 0.5) is 0 Å². The van der Waals surface area contributed by atoms with Crippen molar-refractivity contribution in [2.24, 2.45) is 0 Å². The molecule has 0 amide bonds. The van der Waals surface area contributed by atoms with E-state index >= 15 is 0 Å². The summed E-state index contributed by atoms with van der Waals surface area (Å²) in [7, 11) is 1.69. The van der Waals surface area contributed by atoms with E-state index < -0.39 is 0 Å². The van der Waals surface area contributed by atoms with Crippen molar-refractivity contribution in [1.82, 2.24) is 5.32 Å². The molecule has 0 aliphatic carbocycles. The zero-order valence-corrected chi connectivity index (χ0v) is 13.6. The largest absolute Gasteiger partial charge is 0.497 e. The van der Waals surface area contributed by atoms with Crippen molar-refractivity contribution < 1.29 is 14.2 Å². The lowest BCUT2D eigenvalue weighted by Gasteiger charge is -2.40. The summed E-state index contributed by atoms with van der Waals surface area (Å²) in [6, 6.07) is 6.29. The quantitative estimate of drug-likeness (QED) is 0.837. The molecular weight excluding hydrogens is 266 g/mol. The molecule has 0 spiro atoms. The number of hydrogen-bond donors (Lipinski definition) is 1. The first kappa shape index (κ1) is 16.1. The molecule has 0 bridgehead atoms. The Kier molecular flexibility index (Phi) is 5.48. The smallest absolute Gasteiger partial charge is 0.131 e. The summed E-state index contributed by atoms with van der Waals surface area (Å²) >= 11 is 0. The molecule has 118 valence electrons. The first-order valence-electron chi connectivity index (χ1n) is 7.80. The van der Waals surface area contributed by atoms with Gasteiger partial charge in [-0.15, -0.1) is 0 Å². The number of benzene rings is 1. The molecule has 1 aromatic rings. The van der Waals surface area contributed by atoms with Crippen molar-refractivity contribution in [1.29, 1.82) is 0 Å². The van der Waals surface area contributed by atoms with Crippen LogP contribution in [0.25, 0.3) is 0 Å². The van der Waals surface area contributed by atoms with E-state index in [1.54, 1.807) is 7.11 Å². The van der Waals surface area contributed by atoms with Crippen LogP contribution in [0, 0.1) is 0 Å². The predicted molar refractivity (Wildman–Crippen MR) is 84.2 cm³/mol. The van der Waals surface area contributed by atoms with Crippen LogP contribution in [0.3, 0.4) is 0 Å². The molecule has 0 saturated heterocycles. The Morgan fingerprint density at radius 1 is 1.38 bits per heavy atom. The summed E-state index contributed by atoms with van der Waals surface area (Å²) in [5.41, 5.74) is 0.889. The monoisotopic (exact) mass is 293 g/mol. The minimum atomic E-state index is -0.289. The average molecular weight is 293 g/mol. The van der Waals surface area contributed by atoms with Gasteiger partial charge < -0.3 is 19.5 Å². The lowest BCUT2D eigenvalue weighted by Crippen LogP contribution is -2.45. The van der Waals surface area contributed by atoms with Gasteiger partial charge in [0.1, 0.15) is 17.1 Å². The van der Waals surface area contributed by atoms with Crippen LogP contribution in [0.2, 0.25) is 0 Å². The second kappa shape index (κ2) is 7.14. The van der Waals surface area contributed by atoms with Gasteiger partial charge in [-0.2, -0.15) is 0 Å². The molecule has 1 aliphatic heterocycles. The molecule has 0 fully saturated rings. The highest BCUT2D eigenvalue weighted by Gasteiger charge is 2.37. The summed E-state index contributed by atoms with van der Waals surface area (Å²) in [4.78, 5) is 0. The fourth-order valence-corrected chi connectivity index (χ4v) is 2.77. The molecule has 2 atom stereocenters. The van der Waals surface area contributed by atoms with E-state index in [1.165, 1.54) is 5.56 Å². The molecule has 1 heterocycles. The first-order valence-corrected chi connectivity index (χ1v) is 7.80. The number of rotatable bonds is 7. The molecule has 0 aromatic heterocycles. The average Bonchev–Trinajstić information content (AvgIpc) is 2.50. The van der Waals surface area contributed by atoms with Gasteiger partial charge in [-0.1, -0.05) is 6.92 Å². The highest BCUT2D eigenvalue weighted by molar-refractivity contribution is 5.44. The Balaban J connectivity index is 2.26. The highest BCUT2D eigenvalue weighted by atomic mass is 16.5. The number of nitrogens with one attached hydrogen (secondary N) is 1. The van der Waals surface area contributed by atoms with E-state index in [0.717, 1.165) is 30.9 Å². The standard InChI is InChI=1S/C17H27NO3/c1-5-9-18-15-11-17(3,12-20-6-2)21-16-8-7-13(19-4)10-14(15)16/h7-8,10,15,18H,5-6,9,11-12H2,1-4H3. The predicted octanol–water partition coefficient (Wildman–Crippen LogP) is 3.31. The van der Waals surface area contributed by atoms with Gasteiger partial charge in [-0.05, 0) is 45.0 Å². The van der Waals surface area contributed by atoms with Crippen molar-refractivity contribution in [2.45, 2.75) is 45.3 Å². The number of methoxy groups -OCH3 is 1. The van der Waals surface area contributed by atoms with Crippen LogP contribution < -0.4 is 14.8 Å². The molecule has 4 nitrogen and oxygen atoms in total. The number of fused-ring (bicyclic) bond motifs is 1. The molecular formula is C17H27NO3. The lowest BCUT2D eigenvalue weighted by atomic mass is 9.88. The zero-order valence-electron chi connectivity index (χ0n) is 13.6. The van der Waals surface area contributed by atoms with E-state index in [0.29, 0.717) is 13.2 Å². The molecule has 4 heteroatoms. The Morgan fingerprint density at radius 3 is 2.86 bits per heavy atom. The fourth-order valence-electron chi connectivity index (χ4n) is 2.77. The molecule has 2 rings (SSSR count). The van der Waals surface area contributed by atoms with Gasteiger partial charge in [-0.25, -0.2) is 0 Å². The maximum absolute atomic E-state index is 6.21. The fraction of sp³-hybridized carbons (Fsp3) is 0.647. The van der Waals surface area contributed by atoms with E-state index in [2.05, 4.69) is 25.2 Å². The van der Waals surface area contributed by atoms with Crippen LogP contribution in [-0.4, -0.2) is 32.5 Å². The van der Waals surface area contributed by atoms with Crippen LogP contribution in [-0.2, 0) is 4.74 Å². The van der Waals surface area contributed by atoms with Crippen molar-refractivity contribution in [2.75, 3.05) is 26.9 Å². The molecule has 0 radical (unpaired) electrons. The van der Waals surface area contributed by atoms with E-state index in [1.807, 2.05) is 19.1 Å². The van der Waals surface area contributed by atoms with Crippen LogP contribution in [0.1, 0.15) is 45.2 Å². The molecule has 21 heavy (non-hydrogen) atoms. The Labute approximate surface area is 127 Å². The van der Waals surface area contributed by atoms with Gasteiger partial charge in [0.15, 0.2) is 0 Å². The van der Waals surface area contributed by atoms with Gasteiger partial charge >= 0.3 is 0 Å². The zero-order chi connectivity index (χ0) is 15.3. The molecule has 2 unspecified atom stereocenters. The van der Waals surface area contributed by atoms with Crippen molar-refractivity contribution >= 4 is 0 Å². The second-order valence-corrected chi connectivity index (χ2v) is 5.80. The minimum absolute atomic E-state index is 0.272. The first-order chi connectivity index (χ1) is 10.1. The lowest BCUT2D eigenvalue weighted by molar-refractivity contribution is -0.0332. The molecule has 1 aliphatic rings. The minimum Gasteiger partial charge on any atom is -0.497 e. The number of hydrogen-bond acceptors (Lipinski definition) is 4. The van der Waals surface area contributed by atoms with Gasteiger partial charge in [0, 0.05) is 24.6 Å². The van der Waals surface area contributed by atoms with Gasteiger partial charge in [0.2, 0.25) is 0 Å². The summed E-state index contributed by atoms with van der Waals surface area (Å²) < 4.78 is 17.2. The van der Waals surface area contributed by atoms with Gasteiger partial charge in [0.05, 0.1) is 13.7 Å². The van der Waals surface area contributed by atoms with E-state index in [4.69, 9.17) is 14.2 Å². The normalized spacial score (nSPS) is 24.3. The van der Waals surface area contributed by atoms with Gasteiger partial charge in [0.25, 0.3) is 0 Å². The Hall–Kier alpha value is -1.26. The summed E-state index contributed by atoms with van der Waals surface area (Å²) in [5, 5.41) is 3.62. The Morgan fingerprint density at radius 2 is 2.19 bits per heavy atom. The van der Waals surface area contributed by atoms with Crippen molar-refractivity contribution in [3.63, 3.8) is 0 Å². The molecule has 1 aromatic carbocycles. The van der Waals surface area contributed by atoms with Gasteiger partial charge in [-0.3, -0.25) is 0 Å². The van der Waals surface area contributed by atoms with E-state index in [-0.39, 0.29) is 11.6 Å². The van der Waals surface area contributed by atoms with Crippen molar-refractivity contribution in [3.8, 4) is 11.5 Å².